The molecule has 0 spiro atoms. The van der Waals surface area contributed by atoms with Crippen molar-refractivity contribution in [3.05, 3.63) is 23.4 Å². The van der Waals surface area contributed by atoms with E-state index in [1.165, 1.54) is 0 Å². The van der Waals surface area contributed by atoms with Gasteiger partial charge in [0.1, 0.15) is 10.8 Å². The van der Waals surface area contributed by atoms with Crippen molar-refractivity contribution >= 4 is 33.8 Å². The zero-order chi connectivity index (χ0) is 12.8. The molecule has 1 rings (SSSR count). The van der Waals surface area contributed by atoms with Crippen LogP contribution in [0.25, 0.3) is 0 Å². The van der Waals surface area contributed by atoms with Crippen molar-refractivity contribution in [2.45, 2.75) is 13.3 Å². The lowest BCUT2D eigenvalue weighted by atomic mass is 10.1. The zero-order valence-electron chi connectivity index (χ0n) is 10.0. The molecule has 0 bridgehead atoms. The Morgan fingerprint density at radius 2 is 2.35 bits per heavy atom. The van der Waals surface area contributed by atoms with Crippen molar-refractivity contribution in [2.24, 2.45) is 5.73 Å². The maximum Gasteiger partial charge on any atom is 0.136 e. The van der Waals surface area contributed by atoms with Crippen LogP contribution in [0.4, 0.5) is 5.82 Å². The van der Waals surface area contributed by atoms with Crippen molar-refractivity contribution in [3.63, 3.8) is 0 Å². The molecular weight excluding hydrogens is 254 g/mol. The number of nitrogens with zero attached hydrogens (tertiary/aromatic N) is 1. The minimum Gasteiger partial charge on any atom is -0.389 e. The van der Waals surface area contributed by atoms with Crippen molar-refractivity contribution in [1.29, 1.82) is 0 Å². The molecule has 1 atom stereocenters. The average molecular weight is 271 g/mol. The third kappa shape index (κ3) is 4.40. The first-order chi connectivity index (χ1) is 8.02. The Balaban J connectivity index is 2.67. The summed E-state index contributed by atoms with van der Waals surface area (Å²) < 4.78 is 10.9. The lowest BCUT2D eigenvalue weighted by Gasteiger charge is -2.11. The Morgan fingerprint density at radius 3 is 2.94 bits per heavy atom. The highest BCUT2D eigenvalue weighted by molar-refractivity contribution is 7.84. The second kappa shape index (κ2) is 6.66. The Hall–Kier alpha value is -1.01. The van der Waals surface area contributed by atoms with Gasteiger partial charge < -0.3 is 11.1 Å². The SMILES string of the molecule is Cc1ccnc(NCCCS(C)=O)c1C(N)=S. The molecule has 4 nitrogen and oxygen atoms in total. The monoisotopic (exact) mass is 271 g/mol. The molecule has 0 amide bonds. The zero-order valence-corrected chi connectivity index (χ0v) is 11.7. The van der Waals surface area contributed by atoms with Crippen LogP contribution in [0.2, 0.25) is 0 Å². The van der Waals surface area contributed by atoms with Gasteiger partial charge in [0.2, 0.25) is 0 Å². The number of thiocarbonyl (C=S) groups is 1. The van der Waals surface area contributed by atoms with E-state index in [1.54, 1.807) is 12.5 Å². The summed E-state index contributed by atoms with van der Waals surface area (Å²) in [4.78, 5) is 4.57. The van der Waals surface area contributed by atoms with E-state index >= 15 is 0 Å². The van der Waals surface area contributed by atoms with E-state index in [0.717, 1.165) is 17.5 Å². The Kier molecular flexibility index (Phi) is 5.50. The predicted molar refractivity (Wildman–Crippen MR) is 76.9 cm³/mol. The number of anilines is 1. The third-order valence-electron chi connectivity index (χ3n) is 2.31. The van der Waals surface area contributed by atoms with E-state index < -0.39 is 10.8 Å². The van der Waals surface area contributed by atoms with Gasteiger partial charge in [-0.15, -0.1) is 0 Å². The Morgan fingerprint density at radius 1 is 1.65 bits per heavy atom. The van der Waals surface area contributed by atoms with E-state index in [-0.39, 0.29) is 0 Å². The fourth-order valence-electron chi connectivity index (χ4n) is 1.49. The second-order valence-electron chi connectivity index (χ2n) is 3.77. The van der Waals surface area contributed by atoms with Crippen molar-refractivity contribution < 1.29 is 4.21 Å². The second-order valence-corrected chi connectivity index (χ2v) is 5.77. The van der Waals surface area contributed by atoms with Crippen LogP contribution in [-0.4, -0.2) is 32.7 Å². The summed E-state index contributed by atoms with van der Waals surface area (Å²) in [5.74, 6) is 1.39. The molecule has 3 N–H and O–H groups in total. The molecular formula is C11H17N3OS2. The predicted octanol–water partition coefficient (Wildman–Crippen LogP) is 1.20. The molecule has 6 heteroatoms. The van der Waals surface area contributed by atoms with Gasteiger partial charge in [-0.3, -0.25) is 4.21 Å². The van der Waals surface area contributed by atoms with Crippen LogP contribution in [0.15, 0.2) is 12.3 Å². The summed E-state index contributed by atoms with van der Waals surface area (Å²) in [7, 11) is -0.753. The number of aryl methyl sites for hydroxylation is 1. The lowest BCUT2D eigenvalue weighted by Crippen LogP contribution is -2.17. The van der Waals surface area contributed by atoms with Gasteiger partial charge in [-0.25, -0.2) is 4.98 Å². The minimum atomic E-state index is -0.753. The van der Waals surface area contributed by atoms with Crippen molar-refractivity contribution in [1.82, 2.24) is 4.98 Å². The van der Waals surface area contributed by atoms with E-state index in [0.29, 0.717) is 23.1 Å². The van der Waals surface area contributed by atoms with Crippen LogP contribution >= 0.6 is 12.2 Å². The number of rotatable bonds is 6. The highest BCUT2D eigenvalue weighted by Crippen LogP contribution is 2.16. The minimum absolute atomic E-state index is 0.345. The van der Waals surface area contributed by atoms with Gasteiger partial charge in [-0.1, -0.05) is 12.2 Å². The van der Waals surface area contributed by atoms with Gasteiger partial charge in [0.15, 0.2) is 0 Å². The average Bonchev–Trinajstić information content (AvgIpc) is 2.23. The number of aromatic nitrogens is 1. The fourth-order valence-corrected chi connectivity index (χ4v) is 2.29. The summed E-state index contributed by atoms with van der Waals surface area (Å²) in [6, 6.07) is 1.88. The molecule has 0 radical (unpaired) electrons. The number of pyridine rings is 1. The summed E-state index contributed by atoms with van der Waals surface area (Å²) in [6.07, 6.45) is 4.25. The van der Waals surface area contributed by atoms with Crippen LogP contribution in [0.3, 0.4) is 0 Å². The number of hydrogen-bond acceptors (Lipinski definition) is 4. The van der Waals surface area contributed by atoms with E-state index in [1.807, 2.05) is 13.0 Å². The molecule has 1 heterocycles. The molecule has 0 aliphatic carbocycles. The molecule has 1 aromatic heterocycles. The number of nitrogens with one attached hydrogen (secondary N) is 1. The normalized spacial score (nSPS) is 12.1. The van der Waals surface area contributed by atoms with Gasteiger partial charge in [0.05, 0.1) is 5.56 Å². The largest absolute Gasteiger partial charge is 0.389 e. The van der Waals surface area contributed by atoms with Gasteiger partial charge >= 0.3 is 0 Å². The summed E-state index contributed by atoms with van der Waals surface area (Å²) in [6.45, 7) is 2.66. The molecule has 0 saturated carbocycles. The van der Waals surface area contributed by atoms with Crippen molar-refractivity contribution in [3.8, 4) is 0 Å². The van der Waals surface area contributed by atoms with Gasteiger partial charge in [-0.2, -0.15) is 0 Å². The Bertz CT molecular complexity index is 435. The van der Waals surface area contributed by atoms with Gasteiger partial charge in [0, 0.05) is 35.5 Å². The van der Waals surface area contributed by atoms with Crippen LogP contribution in [0.5, 0.6) is 0 Å². The van der Waals surface area contributed by atoms with Gasteiger partial charge in [0.25, 0.3) is 0 Å². The van der Waals surface area contributed by atoms with Crippen LogP contribution in [-0.2, 0) is 10.8 Å². The van der Waals surface area contributed by atoms with Crippen LogP contribution in [0.1, 0.15) is 17.5 Å². The van der Waals surface area contributed by atoms with E-state index in [4.69, 9.17) is 18.0 Å². The molecule has 0 saturated heterocycles. The van der Waals surface area contributed by atoms with Crippen molar-refractivity contribution in [2.75, 3.05) is 23.9 Å². The lowest BCUT2D eigenvalue weighted by molar-refractivity contribution is 0.685. The molecule has 1 aromatic rings. The molecule has 1 unspecified atom stereocenters. The number of hydrogen-bond donors (Lipinski definition) is 2. The molecule has 17 heavy (non-hydrogen) atoms. The summed E-state index contributed by atoms with van der Waals surface area (Å²) in [5, 5.41) is 3.18. The third-order valence-corrected chi connectivity index (χ3v) is 3.37. The smallest absolute Gasteiger partial charge is 0.136 e. The van der Waals surface area contributed by atoms with Gasteiger partial charge in [-0.05, 0) is 25.0 Å². The van der Waals surface area contributed by atoms with E-state index in [2.05, 4.69) is 10.3 Å². The molecule has 0 aliphatic rings. The standard InChI is InChI=1S/C11H17N3OS2/c1-8-4-6-14-11(9(8)10(12)16)13-5-3-7-17(2)15/h4,6H,3,5,7H2,1-2H3,(H2,12,16)(H,13,14). The number of nitrogens with two attached hydrogens (primary N) is 1. The highest BCUT2D eigenvalue weighted by atomic mass is 32.2. The summed E-state index contributed by atoms with van der Waals surface area (Å²) in [5.41, 5.74) is 7.47. The quantitative estimate of drug-likeness (QED) is 0.601. The molecule has 0 fully saturated rings. The fraction of sp³-hybridized carbons (Fsp3) is 0.455. The molecule has 0 aliphatic heterocycles. The highest BCUT2D eigenvalue weighted by Gasteiger charge is 2.08. The van der Waals surface area contributed by atoms with Crippen LogP contribution < -0.4 is 11.1 Å². The van der Waals surface area contributed by atoms with E-state index in [9.17, 15) is 4.21 Å². The first-order valence-corrected chi connectivity index (χ1v) is 7.45. The van der Waals surface area contributed by atoms with Crippen LogP contribution in [0, 0.1) is 6.92 Å². The first-order valence-electron chi connectivity index (χ1n) is 5.31. The first kappa shape index (κ1) is 14.1. The Labute approximate surface area is 109 Å². The topological polar surface area (TPSA) is 68.0 Å². The summed E-state index contributed by atoms with van der Waals surface area (Å²) >= 11 is 5.01. The maximum atomic E-state index is 10.9. The molecule has 94 valence electrons. The molecule has 0 aromatic carbocycles. The maximum absolute atomic E-state index is 10.9.